The topological polar surface area (TPSA) is 128 Å². The van der Waals surface area contributed by atoms with Crippen LogP contribution >= 0.6 is 0 Å². The largest absolute Gasteiger partial charge is 0.370 e. The molecule has 7 heteroatoms. The van der Waals surface area contributed by atoms with Gasteiger partial charge in [-0.1, -0.05) is 6.07 Å². The second-order valence-electron chi connectivity index (χ2n) is 3.31. The molecule has 1 rings (SSSR count). The van der Waals surface area contributed by atoms with E-state index in [9.17, 15) is 14.4 Å². The molecule has 5 N–H and O–H groups in total. The molecule has 90 valence electrons. The maximum atomic E-state index is 11.6. The molecular weight excluding hydrogens is 224 g/mol. The van der Waals surface area contributed by atoms with Gasteiger partial charge in [0.25, 0.3) is 5.91 Å². The van der Waals surface area contributed by atoms with E-state index in [0.717, 1.165) is 0 Å². The number of amides is 3. The fourth-order valence-electron chi connectivity index (χ4n) is 1.15. The Morgan fingerprint density at radius 1 is 1.29 bits per heavy atom. The van der Waals surface area contributed by atoms with E-state index in [1.807, 2.05) is 0 Å². The van der Waals surface area contributed by atoms with Gasteiger partial charge < -0.3 is 16.8 Å². The molecule has 0 saturated heterocycles. The van der Waals surface area contributed by atoms with Crippen LogP contribution in [-0.4, -0.2) is 28.7 Å². The number of pyridine rings is 1. The molecule has 1 aromatic rings. The van der Waals surface area contributed by atoms with Crippen LogP contribution in [0.4, 0.5) is 0 Å². The molecule has 0 aliphatic rings. The number of hydrogen-bond acceptors (Lipinski definition) is 4. The maximum Gasteiger partial charge on any atom is 0.270 e. The second-order valence-corrected chi connectivity index (χ2v) is 3.31. The van der Waals surface area contributed by atoms with Crippen LogP contribution in [0.3, 0.4) is 0 Å². The Morgan fingerprint density at radius 2 is 2.00 bits per heavy atom. The smallest absolute Gasteiger partial charge is 0.270 e. The van der Waals surface area contributed by atoms with E-state index >= 15 is 0 Å². The van der Waals surface area contributed by atoms with E-state index < -0.39 is 23.8 Å². The molecule has 0 aromatic carbocycles. The van der Waals surface area contributed by atoms with E-state index in [1.54, 1.807) is 12.1 Å². The monoisotopic (exact) mass is 236 g/mol. The van der Waals surface area contributed by atoms with Gasteiger partial charge in [0.15, 0.2) is 0 Å². The molecule has 0 fully saturated rings. The van der Waals surface area contributed by atoms with E-state index in [4.69, 9.17) is 11.5 Å². The predicted molar refractivity (Wildman–Crippen MR) is 58.5 cm³/mol. The zero-order chi connectivity index (χ0) is 12.8. The third kappa shape index (κ3) is 3.90. The fourth-order valence-corrected chi connectivity index (χ4v) is 1.15. The molecule has 0 spiro atoms. The highest BCUT2D eigenvalue weighted by molar-refractivity contribution is 5.97. The van der Waals surface area contributed by atoms with Crippen LogP contribution in [0, 0.1) is 0 Å². The van der Waals surface area contributed by atoms with Gasteiger partial charge in [-0.25, -0.2) is 0 Å². The van der Waals surface area contributed by atoms with Crippen molar-refractivity contribution in [1.29, 1.82) is 0 Å². The molecule has 1 unspecified atom stereocenters. The summed E-state index contributed by atoms with van der Waals surface area (Å²) in [5.41, 5.74) is 10.1. The van der Waals surface area contributed by atoms with Gasteiger partial charge in [-0.2, -0.15) is 0 Å². The Morgan fingerprint density at radius 3 is 2.47 bits per heavy atom. The highest BCUT2D eigenvalue weighted by atomic mass is 16.2. The van der Waals surface area contributed by atoms with E-state index in [0.29, 0.717) is 0 Å². The lowest BCUT2D eigenvalue weighted by Gasteiger charge is -2.13. The number of hydrogen-bond donors (Lipinski definition) is 3. The van der Waals surface area contributed by atoms with Crippen molar-refractivity contribution >= 4 is 17.7 Å². The first-order chi connectivity index (χ1) is 8.00. The molecule has 0 aliphatic carbocycles. The number of nitrogens with zero attached hydrogens (tertiary/aromatic N) is 1. The van der Waals surface area contributed by atoms with E-state index in [1.165, 1.54) is 12.3 Å². The van der Waals surface area contributed by atoms with Crippen molar-refractivity contribution in [2.45, 2.75) is 12.5 Å². The fraction of sp³-hybridized carbons (Fsp3) is 0.200. The number of carbonyl (C=O) groups excluding carboxylic acids is 3. The number of aromatic nitrogens is 1. The molecule has 1 heterocycles. The quantitative estimate of drug-likeness (QED) is 0.577. The minimum absolute atomic E-state index is 0.128. The Hall–Kier alpha value is -2.44. The molecule has 1 atom stereocenters. The lowest BCUT2D eigenvalue weighted by atomic mass is 10.2. The van der Waals surface area contributed by atoms with Gasteiger partial charge in [-0.15, -0.1) is 0 Å². The summed E-state index contributed by atoms with van der Waals surface area (Å²) in [7, 11) is 0. The first-order valence-corrected chi connectivity index (χ1v) is 4.80. The molecule has 1 aromatic heterocycles. The highest BCUT2D eigenvalue weighted by Crippen LogP contribution is 1.96. The summed E-state index contributed by atoms with van der Waals surface area (Å²) in [6, 6.07) is 3.61. The lowest BCUT2D eigenvalue weighted by molar-refractivity contribution is -0.124. The normalized spacial score (nSPS) is 11.5. The van der Waals surface area contributed by atoms with Crippen molar-refractivity contribution in [3.8, 4) is 0 Å². The van der Waals surface area contributed by atoms with Crippen LogP contribution in [0.25, 0.3) is 0 Å². The number of rotatable bonds is 5. The summed E-state index contributed by atoms with van der Waals surface area (Å²) in [5.74, 6) is -2.14. The Bertz CT molecular complexity index is 432. The molecule has 0 aliphatic heterocycles. The minimum atomic E-state index is -1.12. The molecule has 0 bridgehead atoms. The average molecular weight is 236 g/mol. The number of primary amides is 2. The zero-order valence-corrected chi connectivity index (χ0v) is 8.92. The summed E-state index contributed by atoms with van der Waals surface area (Å²) in [5, 5.41) is 2.29. The molecule has 7 nitrogen and oxygen atoms in total. The van der Waals surface area contributed by atoms with Crippen LogP contribution in [0.1, 0.15) is 16.9 Å². The van der Waals surface area contributed by atoms with Crippen molar-refractivity contribution in [2.75, 3.05) is 0 Å². The van der Waals surface area contributed by atoms with Gasteiger partial charge in [0, 0.05) is 6.20 Å². The van der Waals surface area contributed by atoms with Gasteiger partial charge >= 0.3 is 0 Å². The summed E-state index contributed by atoms with van der Waals surface area (Å²) in [6.07, 6.45) is 1.09. The van der Waals surface area contributed by atoms with Crippen molar-refractivity contribution in [3.63, 3.8) is 0 Å². The molecule has 3 amide bonds. The first-order valence-electron chi connectivity index (χ1n) is 4.80. The van der Waals surface area contributed by atoms with Crippen molar-refractivity contribution in [2.24, 2.45) is 11.5 Å². The van der Waals surface area contributed by atoms with Crippen molar-refractivity contribution < 1.29 is 14.4 Å². The summed E-state index contributed by atoms with van der Waals surface area (Å²) in [4.78, 5) is 37.1. The summed E-state index contributed by atoms with van der Waals surface area (Å²) < 4.78 is 0. The number of nitrogens with two attached hydrogens (primary N) is 2. The standard InChI is InChI=1S/C10H12N4O3/c11-8(15)5-7(9(12)16)14-10(17)6-3-1-2-4-13-6/h1-4,7H,5H2,(H2,11,15)(H2,12,16)(H,14,17). The van der Waals surface area contributed by atoms with E-state index in [-0.39, 0.29) is 12.1 Å². The molecule has 0 radical (unpaired) electrons. The van der Waals surface area contributed by atoms with Crippen LogP contribution in [-0.2, 0) is 9.59 Å². The van der Waals surface area contributed by atoms with Gasteiger partial charge in [0.05, 0.1) is 6.42 Å². The second kappa shape index (κ2) is 5.59. The van der Waals surface area contributed by atoms with Crippen molar-refractivity contribution in [3.05, 3.63) is 30.1 Å². The Kier molecular flexibility index (Phi) is 4.15. The van der Waals surface area contributed by atoms with Gasteiger partial charge in [-0.3, -0.25) is 19.4 Å². The van der Waals surface area contributed by atoms with Crippen LogP contribution in [0.5, 0.6) is 0 Å². The van der Waals surface area contributed by atoms with Crippen molar-refractivity contribution in [1.82, 2.24) is 10.3 Å². The Balaban J connectivity index is 2.71. The molecular formula is C10H12N4O3. The summed E-state index contributed by atoms with van der Waals surface area (Å²) in [6.45, 7) is 0. The van der Waals surface area contributed by atoms with Gasteiger partial charge in [0.2, 0.25) is 11.8 Å². The number of nitrogens with one attached hydrogen (secondary N) is 1. The summed E-state index contributed by atoms with van der Waals surface area (Å²) >= 11 is 0. The van der Waals surface area contributed by atoms with Crippen LogP contribution in [0.15, 0.2) is 24.4 Å². The lowest BCUT2D eigenvalue weighted by Crippen LogP contribution is -2.46. The Labute approximate surface area is 97.2 Å². The predicted octanol–water partition coefficient (Wildman–Crippen LogP) is -1.46. The van der Waals surface area contributed by atoms with Gasteiger partial charge in [-0.05, 0) is 12.1 Å². The molecule has 0 saturated carbocycles. The SMILES string of the molecule is NC(=O)CC(NC(=O)c1ccccn1)C(N)=O. The van der Waals surface area contributed by atoms with Crippen LogP contribution < -0.4 is 16.8 Å². The molecule has 17 heavy (non-hydrogen) atoms. The van der Waals surface area contributed by atoms with Crippen LogP contribution in [0.2, 0.25) is 0 Å². The van der Waals surface area contributed by atoms with Gasteiger partial charge in [0.1, 0.15) is 11.7 Å². The minimum Gasteiger partial charge on any atom is -0.370 e. The first kappa shape index (κ1) is 12.6. The number of carbonyl (C=O) groups is 3. The third-order valence-corrected chi connectivity index (χ3v) is 1.95. The van der Waals surface area contributed by atoms with E-state index in [2.05, 4.69) is 10.3 Å². The maximum absolute atomic E-state index is 11.6. The highest BCUT2D eigenvalue weighted by Gasteiger charge is 2.21. The third-order valence-electron chi connectivity index (χ3n) is 1.95. The average Bonchev–Trinajstić information content (AvgIpc) is 2.28. The zero-order valence-electron chi connectivity index (χ0n) is 8.92.